The van der Waals surface area contributed by atoms with Gasteiger partial charge in [0.05, 0.1) is 0 Å². The molecule has 0 amide bonds. The van der Waals surface area contributed by atoms with Gasteiger partial charge in [-0.2, -0.15) is 0 Å². The Kier molecular flexibility index (Phi) is 2.36. The number of benzene rings is 4. The van der Waals surface area contributed by atoms with E-state index in [2.05, 4.69) is 45.0 Å². The zero-order chi connectivity index (χ0) is 14.8. The van der Waals surface area contributed by atoms with Crippen LogP contribution in [0.25, 0.3) is 32.3 Å². The van der Waals surface area contributed by atoms with Crippen LogP contribution in [0, 0.1) is 5.82 Å². The first-order valence-electron chi connectivity index (χ1n) is 7.32. The summed E-state index contributed by atoms with van der Waals surface area (Å²) in [7, 11) is 0. The predicted octanol–water partition coefficient (Wildman–Crippen LogP) is 6.02. The van der Waals surface area contributed by atoms with Crippen molar-refractivity contribution >= 4 is 32.3 Å². The van der Waals surface area contributed by atoms with Crippen molar-refractivity contribution in [2.24, 2.45) is 0 Å². The Morgan fingerprint density at radius 2 is 1.05 bits per heavy atom. The summed E-state index contributed by atoms with van der Waals surface area (Å²) in [5.41, 5.74) is 1.45. The van der Waals surface area contributed by atoms with Crippen LogP contribution in [0.15, 0.2) is 48.5 Å². The fraction of sp³-hybridized carbons (Fsp3) is 0.200. The second kappa shape index (κ2) is 3.94. The molecule has 0 aliphatic heterocycles. The molecule has 0 fully saturated rings. The number of hydrogen-bond acceptors (Lipinski definition) is 0. The van der Waals surface area contributed by atoms with E-state index in [1.807, 2.05) is 12.1 Å². The molecular formula is C20H17F. The molecule has 0 unspecified atom stereocenters. The van der Waals surface area contributed by atoms with E-state index in [0.29, 0.717) is 0 Å². The quantitative estimate of drug-likeness (QED) is 0.344. The van der Waals surface area contributed by atoms with Crippen LogP contribution in [-0.2, 0) is 5.41 Å². The van der Waals surface area contributed by atoms with Gasteiger partial charge < -0.3 is 0 Å². The third-order valence-corrected chi connectivity index (χ3v) is 4.36. The molecule has 4 aromatic carbocycles. The van der Waals surface area contributed by atoms with E-state index in [-0.39, 0.29) is 11.2 Å². The lowest BCUT2D eigenvalue weighted by Gasteiger charge is -2.21. The molecule has 0 aliphatic carbocycles. The van der Waals surface area contributed by atoms with Crippen LogP contribution in [-0.4, -0.2) is 0 Å². The number of rotatable bonds is 0. The molecule has 0 bridgehead atoms. The summed E-state index contributed by atoms with van der Waals surface area (Å²) >= 11 is 0. The number of halogens is 1. The summed E-state index contributed by atoms with van der Waals surface area (Å²) in [4.78, 5) is 0. The number of hydrogen-bond donors (Lipinski definition) is 0. The molecular weight excluding hydrogens is 259 g/mol. The maximum Gasteiger partial charge on any atom is 0.124 e. The molecule has 0 spiro atoms. The van der Waals surface area contributed by atoms with Crippen molar-refractivity contribution in [2.75, 3.05) is 0 Å². The van der Waals surface area contributed by atoms with Crippen LogP contribution in [0.3, 0.4) is 0 Å². The molecule has 0 N–H and O–H groups in total. The Bertz CT molecular complexity index is 907. The summed E-state index contributed by atoms with van der Waals surface area (Å²) in [5.74, 6) is -0.170. The van der Waals surface area contributed by atoms with Gasteiger partial charge in [-0.1, -0.05) is 57.2 Å². The van der Waals surface area contributed by atoms with Gasteiger partial charge in [0.1, 0.15) is 5.82 Å². The molecule has 0 radical (unpaired) electrons. The molecule has 0 aliphatic rings. The van der Waals surface area contributed by atoms with Gasteiger partial charge in [0.15, 0.2) is 0 Å². The molecule has 0 heterocycles. The highest BCUT2D eigenvalue weighted by Gasteiger charge is 2.17. The maximum atomic E-state index is 13.7. The lowest BCUT2D eigenvalue weighted by molar-refractivity contribution is 0.591. The van der Waals surface area contributed by atoms with Crippen molar-refractivity contribution in [1.82, 2.24) is 0 Å². The van der Waals surface area contributed by atoms with Gasteiger partial charge in [-0.3, -0.25) is 0 Å². The molecule has 1 heteroatoms. The van der Waals surface area contributed by atoms with Gasteiger partial charge in [0.2, 0.25) is 0 Å². The summed E-state index contributed by atoms with van der Waals surface area (Å²) in [5, 5.41) is 6.85. The average Bonchev–Trinajstić information content (AvgIpc) is 2.42. The molecule has 0 nitrogen and oxygen atoms in total. The molecule has 0 aromatic heterocycles. The van der Waals surface area contributed by atoms with Crippen molar-refractivity contribution < 1.29 is 4.39 Å². The Labute approximate surface area is 123 Å². The van der Waals surface area contributed by atoms with E-state index >= 15 is 0 Å². The molecule has 0 saturated heterocycles. The van der Waals surface area contributed by atoms with Crippen molar-refractivity contribution in [3.8, 4) is 0 Å². The second-order valence-corrected chi connectivity index (χ2v) is 6.91. The maximum absolute atomic E-state index is 13.7. The fourth-order valence-corrected chi connectivity index (χ4v) is 3.23. The monoisotopic (exact) mass is 276 g/mol. The lowest BCUT2D eigenvalue weighted by Crippen LogP contribution is -2.10. The minimum absolute atomic E-state index is 0.122. The minimum Gasteiger partial charge on any atom is -0.207 e. The van der Waals surface area contributed by atoms with E-state index < -0.39 is 0 Å². The summed E-state index contributed by atoms with van der Waals surface area (Å²) in [6.45, 7) is 6.69. The SMILES string of the molecule is CC(C)(C)c1cc2ccc3cc(F)cc4ccc(c1)c2c34. The van der Waals surface area contributed by atoms with Crippen molar-refractivity contribution in [1.29, 1.82) is 0 Å². The normalized spacial score (nSPS) is 12.8. The fourth-order valence-electron chi connectivity index (χ4n) is 3.23. The Hall–Kier alpha value is -2.15. The van der Waals surface area contributed by atoms with Gasteiger partial charge in [-0.05, 0) is 55.4 Å². The standard InChI is InChI=1S/C20H17F/c1-20(2,3)16-8-12-4-6-14-10-17(21)11-15-7-5-13(9-16)18(12)19(14)15/h4-11H,1-3H3. The van der Waals surface area contributed by atoms with E-state index in [4.69, 9.17) is 0 Å². The second-order valence-electron chi connectivity index (χ2n) is 6.91. The van der Waals surface area contributed by atoms with Crippen LogP contribution in [0.4, 0.5) is 4.39 Å². The summed E-state index contributed by atoms with van der Waals surface area (Å²) in [6, 6.07) is 16.1. The third kappa shape index (κ3) is 1.80. The summed E-state index contributed by atoms with van der Waals surface area (Å²) in [6.07, 6.45) is 0. The van der Waals surface area contributed by atoms with Crippen LogP contribution in [0.2, 0.25) is 0 Å². The van der Waals surface area contributed by atoms with E-state index in [9.17, 15) is 4.39 Å². The van der Waals surface area contributed by atoms with Crippen molar-refractivity contribution in [3.05, 3.63) is 59.9 Å². The predicted molar refractivity (Wildman–Crippen MR) is 88.8 cm³/mol. The van der Waals surface area contributed by atoms with Crippen LogP contribution in [0.5, 0.6) is 0 Å². The molecule has 104 valence electrons. The summed E-state index contributed by atoms with van der Waals surface area (Å²) < 4.78 is 13.7. The largest absolute Gasteiger partial charge is 0.207 e. The van der Waals surface area contributed by atoms with Gasteiger partial charge in [-0.15, -0.1) is 0 Å². The average molecular weight is 276 g/mol. The molecule has 0 saturated carbocycles. The highest BCUT2D eigenvalue weighted by molar-refractivity contribution is 6.23. The van der Waals surface area contributed by atoms with Crippen LogP contribution < -0.4 is 0 Å². The highest BCUT2D eigenvalue weighted by atomic mass is 19.1. The Morgan fingerprint density at radius 3 is 1.43 bits per heavy atom. The topological polar surface area (TPSA) is 0 Å². The van der Waals surface area contributed by atoms with E-state index in [1.165, 1.54) is 27.1 Å². The van der Waals surface area contributed by atoms with Gasteiger partial charge in [0, 0.05) is 0 Å². The Balaban J connectivity index is 2.23. The molecule has 4 aromatic rings. The Morgan fingerprint density at radius 1 is 0.667 bits per heavy atom. The smallest absolute Gasteiger partial charge is 0.124 e. The van der Waals surface area contributed by atoms with Gasteiger partial charge in [-0.25, -0.2) is 4.39 Å². The van der Waals surface area contributed by atoms with Gasteiger partial charge in [0.25, 0.3) is 0 Å². The minimum atomic E-state index is -0.170. The highest BCUT2D eigenvalue weighted by Crippen LogP contribution is 2.37. The lowest BCUT2D eigenvalue weighted by atomic mass is 9.83. The van der Waals surface area contributed by atoms with E-state index in [1.54, 1.807) is 12.1 Å². The van der Waals surface area contributed by atoms with Gasteiger partial charge >= 0.3 is 0 Å². The van der Waals surface area contributed by atoms with Crippen molar-refractivity contribution in [2.45, 2.75) is 26.2 Å². The molecule has 0 atom stereocenters. The first-order chi connectivity index (χ1) is 9.93. The third-order valence-electron chi connectivity index (χ3n) is 4.36. The first-order valence-corrected chi connectivity index (χ1v) is 7.32. The van der Waals surface area contributed by atoms with E-state index in [0.717, 1.165) is 10.8 Å². The zero-order valence-electron chi connectivity index (χ0n) is 12.5. The van der Waals surface area contributed by atoms with Crippen LogP contribution in [0.1, 0.15) is 26.3 Å². The zero-order valence-corrected chi connectivity index (χ0v) is 12.5. The molecule has 21 heavy (non-hydrogen) atoms. The molecule has 4 rings (SSSR count). The van der Waals surface area contributed by atoms with Crippen LogP contribution >= 0.6 is 0 Å². The first kappa shape index (κ1) is 12.6. The van der Waals surface area contributed by atoms with Crippen molar-refractivity contribution in [3.63, 3.8) is 0 Å².